The molecular formula is C19H23N. The first-order valence-electron chi connectivity index (χ1n) is 7.20. The summed E-state index contributed by atoms with van der Waals surface area (Å²) in [5.74, 6) is 0.552. The highest BCUT2D eigenvalue weighted by Gasteiger charge is 2.20. The van der Waals surface area contributed by atoms with Crippen LogP contribution in [0.4, 0.5) is 5.69 Å². The second-order valence-electron chi connectivity index (χ2n) is 5.50. The van der Waals surface area contributed by atoms with Crippen LogP contribution in [-0.2, 0) is 0 Å². The third kappa shape index (κ3) is 3.11. The van der Waals surface area contributed by atoms with Gasteiger partial charge < -0.3 is 4.90 Å². The van der Waals surface area contributed by atoms with Gasteiger partial charge in [0, 0.05) is 17.4 Å². The molecule has 0 saturated carbocycles. The Morgan fingerprint density at radius 1 is 0.850 bits per heavy atom. The van der Waals surface area contributed by atoms with E-state index in [4.69, 9.17) is 0 Å². The summed E-state index contributed by atoms with van der Waals surface area (Å²) in [7, 11) is 0. The molecule has 0 heterocycles. The van der Waals surface area contributed by atoms with Crippen LogP contribution in [0.3, 0.4) is 0 Å². The SMILES string of the molecule is C=C(c1ccccc1)N(c1ccccc1)C(C)C(C)C. The van der Waals surface area contributed by atoms with Crippen molar-refractivity contribution in [1.82, 2.24) is 0 Å². The van der Waals surface area contributed by atoms with Gasteiger partial charge in [-0.25, -0.2) is 0 Å². The summed E-state index contributed by atoms with van der Waals surface area (Å²) in [5, 5.41) is 0. The van der Waals surface area contributed by atoms with Crippen molar-refractivity contribution in [1.29, 1.82) is 0 Å². The molecule has 0 aliphatic carbocycles. The van der Waals surface area contributed by atoms with Gasteiger partial charge in [0.25, 0.3) is 0 Å². The third-order valence-corrected chi connectivity index (χ3v) is 3.80. The maximum atomic E-state index is 4.33. The molecule has 0 fully saturated rings. The van der Waals surface area contributed by atoms with E-state index in [-0.39, 0.29) is 0 Å². The first-order chi connectivity index (χ1) is 9.61. The Morgan fingerprint density at radius 3 is 1.85 bits per heavy atom. The third-order valence-electron chi connectivity index (χ3n) is 3.80. The minimum absolute atomic E-state index is 0.394. The molecule has 0 radical (unpaired) electrons. The molecule has 0 N–H and O–H groups in total. The van der Waals surface area contributed by atoms with E-state index in [1.165, 1.54) is 11.3 Å². The van der Waals surface area contributed by atoms with Crippen LogP contribution in [0.1, 0.15) is 26.3 Å². The van der Waals surface area contributed by atoms with E-state index in [1.807, 2.05) is 12.1 Å². The normalized spacial score (nSPS) is 12.2. The van der Waals surface area contributed by atoms with E-state index < -0.39 is 0 Å². The molecule has 104 valence electrons. The van der Waals surface area contributed by atoms with Gasteiger partial charge in [-0.05, 0) is 30.5 Å². The molecule has 0 aromatic heterocycles. The van der Waals surface area contributed by atoms with Gasteiger partial charge in [-0.15, -0.1) is 0 Å². The van der Waals surface area contributed by atoms with E-state index >= 15 is 0 Å². The molecule has 1 heteroatoms. The van der Waals surface area contributed by atoms with Crippen LogP contribution in [0.2, 0.25) is 0 Å². The Balaban J connectivity index is 2.40. The molecule has 20 heavy (non-hydrogen) atoms. The van der Waals surface area contributed by atoms with Gasteiger partial charge in [0.05, 0.1) is 0 Å². The quantitative estimate of drug-likeness (QED) is 0.717. The fourth-order valence-electron chi connectivity index (χ4n) is 2.29. The fraction of sp³-hybridized carbons (Fsp3) is 0.263. The van der Waals surface area contributed by atoms with E-state index in [1.54, 1.807) is 0 Å². The molecule has 0 saturated heterocycles. The molecule has 2 aromatic rings. The number of rotatable bonds is 5. The molecule has 0 aliphatic rings. The molecule has 0 bridgehead atoms. The van der Waals surface area contributed by atoms with Crippen LogP contribution >= 0.6 is 0 Å². The average Bonchev–Trinajstić information content (AvgIpc) is 2.49. The molecule has 2 aromatic carbocycles. The molecule has 1 atom stereocenters. The van der Waals surface area contributed by atoms with Gasteiger partial charge in [-0.2, -0.15) is 0 Å². The molecule has 1 unspecified atom stereocenters. The van der Waals surface area contributed by atoms with Gasteiger partial charge in [0.1, 0.15) is 0 Å². The molecule has 1 nitrogen and oxygen atoms in total. The van der Waals surface area contributed by atoms with E-state index in [9.17, 15) is 0 Å². The fourth-order valence-corrected chi connectivity index (χ4v) is 2.29. The summed E-state index contributed by atoms with van der Waals surface area (Å²) in [6.07, 6.45) is 0. The highest BCUT2D eigenvalue weighted by atomic mass is 15.2. The van der Waals surface area contributed by atoms with E-state index in [0.29, 0.717) is 12.0 Å². The molecule has 0 spiro atoms. The van der Waals surface area contributed by atoms with Crippen molar-refractivity contribution < 1.29 is 0 Å². The molecular weight excluding hydrogens is 242 g/mol. The van der Waals surface area contributed by atoms with Crippen LogP contribution in [0.15, 0.2) is 67.2 Å². The number of hydrogen-bond donors (Lipinski definition) is 0. The van der Waals surface area contributed by atoms with Gasteiger partial charge in [-0.3, -0.25) is 0 Å². The first-order valence-corrected chi connectivity index (χ1v) is 7.20. The zero-order valence-electron chi connectivity index (χ0n) is 12.6. The average molecular weight is 265 g/mol. The predicted molar refractivity (Wildman–Crippen MR) is 88.7 cm³/mol. The van der Waals surface area contributed by atoms with Crippen molar-refractivity contribution in [2.75, 3.05) is 4.90 Å². The summed E-state index contributed by atoms with van der Waals surface area (Å²) in [4.78, 5) is 2.33. The first kappa shape index (κ1) is 14.4. The Bertz CT molecular complexity index is 542. The van der Waals surface area contributed by atoms with Gasteiger partial charge in [0.2, 0.25) is 0 Å². The van der Waals surface area contributed by atoms with E-state index in [0.717, 1.165) is 5.70 Å². The number of hydrogen-bond acceptors (Lipinski definition) is 1. The van der Waals surface area contributed by atoms with Crippen LogP contribution < -0.4 is 4.90 Å². The van der Waals surface area contributed by atoms with Crippen LogP contribution in [0.5, 0.6) is 0 Å². The molecule has 2 rings (SSSR count). The number of anilines is 1. The van der Waals surface area contributed by atoms with Crippen molar-refractivity contribution in [3.8, 4) is 0 Å². The maximum Gasteiger partial charge on any atom is 0.0413 e. The summed E-state index contributed by atoms with van der Waals surface area (Å²) in [5.41, 5.74) is 3.42. The smallest absolute Gasteiger partial charge is 0.0413 e. The largest absolute Gasteiger partial charge is 0.338 e. The predicted octanol–water partition coefficient (Wildman–Crippen LogP) is 5.21. The highest BCUT2D eigenvalue weighted by Crippen LogP contribution is 2.29. The molecule has 0 amide bonds. The van der Waals surface area contributed by atoms with Gasteiger partial charge >= 0.3 is 0 Å². The minimum atomic E-state index is 0.394. The lowest BCUT2D eigenvalue weighted by Gasteiger charge is -2.35. The zero-order valence-corrected chi connectivity index (χ0v) is 12.6. The second-order valence-corrected chi connectivity index (χ2v) is 5.50. The standard InChI is InChI=1S/C19H23N/c1-15(2)16(3)20(19-13-9-6-10-14-19)17(4)18-11-7-5-8-12-18/h5-16H,4H2,1-3H3. The Kier molecular flexibility index (Phi) is 4.62. The van der Waals surface area contributed by atoms with Gasteiger partial charge in [0.15, 0.2) is 0 Å². The lowest BCUT2D eigenvalue weighted by molar-refractivity contribution is 0.520. The summed E-state index contributed by atoms with van der Waals surface area (Å²) in [6, 6.07) is 21.3. The maximum absolute atomic E-state index is 4.33. The number of benzene rings is 2. The van der Waals surface area contributed by atoms with E-state index in [2.05, 4.69) is 80.8 Å². The number of para-hydroxylation sites is 1. The van der Waals surface area contributed by atoms with Crippen molar-refractivity contribution in [2.24, 2.45) is 5.92 Å². The second kappa shape index (κ2) is 6.42. The summed E-state index contributed by atoms with van der Waals surface area (Å²) < 4.78 is 0. The minimum Gasteiger partial charge on any atom is -0.338 e. The van der Waals surface area contributed by atoms with Crippen LogP contribution in [-0.4, -0.2) is 6.04 Å². The van der Waals surface area contributed by atoms with Crippen molar-refractivity contribution >= 4 is 11.4 Å². The Morgan fingerprint density at radius 2 is 1.35 bits per heavy atom. The van der Waals surface area contributed by atoms with Gasteiger partial charge in [-0.1, -0.05) is 69.0 Å². The molecule has 0 aliphatic heterocycles. The topological polar surface area (TPSA) is 3.24 Å². The van der Waals surface area contributed by atoms with Crippen molar-refractivity contribution in [2.45, 2.75) is 26.8 Å². The highest BCUT2D eigenvalue weighted by molar-refractivity contribution is 5.78. The summed E-state index contributed by atoms with van der Waals surface area (Å²) >= 11 is 0. The lowest BCUT2D eigenvalue weighted by Crippen LogP contribution is -2.35. The monoisotopic (exact) mass is 265 g/mol. The number of nitrogens with zero attached hydrogens (tertiary/aromatic N) is 1. The van der Waals surface area contributed by atoms with Crippen molar-refractivity contribution in [3.63, 3.8) is 0 Å². The lowest BCUT2D eigenvalue weighted by atomic mass is 10.0. The van der Waals surface area contributed by atoms with Crippen LogP contribution in [0, 0.1) is 5.92 Å². The van der Waals surface area contributed by atoms with Crippen molar-refractivity contribution in [3.05, 3.63) is 72.8 Å². The summed E-state index contributed by atoms with van der Waals surface area (Å²) in [6.45, 7) is 11.1. The Hall–Kier alpha value is -2.02. The van der Waals surface area contributed by atoms with Crippen LogP contribution in [0.25, 0.3) is 5.70 Å². The zero-order chi connectivity index (χ0) is 14.5. The Labute approximate surface area is 122 Å².